The highest BCUT2D eigenvalue weighted by atomic mass is 19.4. The Morgan fingerprint density at radius 3 is 2.63 bits per heavy atom. The fraction of sp³-hybridized carbons (Fsp3) is 0.444. The molecule has 5 rings (SSSR count). The van der Waals surface area contributed by atoms with Gasteiger partial charge in [0.05, 0.1) is 23.3 Å². The van der Waals surface area contributed by atoms with E-state index in [1.54, 1.807) is 4.90 Å². The number of hydrogen-bond acceptors (Lipinski definition) is 3. The average Bonchev–Trinajstić information content (AvgIpc) is 3.21. The predicted molar refractivity (Wildman–Crippen MR) is 87.5 cm³/mol. The molecule has 2 fully saturated rings. The van der Waals surface area contributed by atoms with Crippen molar-refractivity contribution in [2.24, 2.45) is 5.92 Å². The zero-order chi connectivity index (χ0) is 19.1. The second-order valence-electron chi connectivity index (χ2n) is 7.42. The summed E-state index contributed by atoms with van der Waals surface area (Å²) in [6, 6.07) is 3.65. The van der Waals surface area contributed by atoms with Crippen molar-refractivity contribution in [1.82, 2.24) is 14.0 Å². The molecular weight excluding hydrogens is 363 g/mol. The van der Waals surface area contributed by atoms with Gasteiger partial charge >= 0.3 is 11.9 Å². The number of alkyl halides is 3. The molecule has 1 aliphatic carbocycles. The molecule has 142 valence electrons. The minimum Gasteiger partial charge on any atom is -0.493 e. The molecule has 9 heteroatoms. The van der Waals surface area contributed by atoms with Crippen molar-refractivity contribution in [3.8, 4) is 11.6 Å². The van der Waals surface area contributed by atoms with E-state index in [9.17, 15) is 27.9 Å². The fourth-order valence-corrected chi connectivity index (χ4v) is 4.31. The summed E-state index contributed by atoms with van der Waals surface area (Å²) >= 11 is 0. The van der Waals surface area contributed by atoms with Gasteiger partial charge in [0.2, 0.25) is 11.8 Å². The van der Waals surface area contributed by atoms with Gasteiger partial charge in [-0.3, -0.25) is 9.36 Å². The summed E-state index contributed by atoms with van der Waals surface area (Å²) in [5, 5.41) is 10.7. The standard InChI is InChI=1S/C18H16F3N3O3/c19-18(20,21)10-2-1-3-11(6-10)24-16(26)14-13-7-12(23(14)17(24)27)8-22(13)15(25)9-4-5-9/h1-3,6,9,12-13,26H,4-5,7-8H2/t12?,13-/m1/s1. The maximum Gasteiger partial charge on any atom is 0.416 e. The van der Waals surface area contributed by atoms with E-state index in [4.69, 9.17) is 0 Å². The first-order valence-electron chi connectivity index (χ1n) is 8.81. The van der Waals surface area contributed by atoms with Crippen molar-refractivity contribution in [3.05, 3.63) is 46.0 Å². The molecule has 1 aromatic carbocycles. The number of imidazole rings is 1. The molecule has 1 amide bonds. The van der Waals surface area contributed by atoms with Crippen molar-refractivity contribution < 1.29 is 23.1 Å². The van der Waals surface area contributed by atoms with Crippen LogP contribution in [0.1, 0.15) is 42.6 Å². The number of carbonyl (C=O) groups excluding carboxylic acids is 1. The third-order valence-corrected chi connectivity index (χ3v) is 5.70. The largest absolute Gasteiger partial charge is 0.493 e. The summed E-state index contributed by atoms with van der Waals surface area (Å²) < 4.78 is 41.3. The van der Waals surface area contributed by atoms with Gasteiger partial charge in [-0.05, 0) is 37.5 Å². The number of nitrogens with zero attached hydrogens (tertiary/aromatic N) is 3. The number of amides is 1. The van der Waals surface area contributed by atoms with Crippen molar-refractivity contribution in [3.63, 3.8) is 0 Å². The lowest BCUT2D eigenvalue weighted by molar-refractivity contribution is -0.137. The zero-order valence-electron chi connectivity index (χ0n) is 14.1. The second-order valence-corrected chi connectivity index (χ2v) is 7.42. The molecule has 0 radical (unpaired) electrons. The summed E-state index contributed by atoms with van der Waals surface area (Å²) in [6.45, 7) is 0.402. The topological polar surface area (TPSA) is 67.5 Å². The third-order valence-electron chi connectivity index (χ3n) is 5.70. The van der Waals surface area contributed by atoms with Crippen LogP contribution in [0.3, 0.4) is 0 Å². The lowest BCUT2D eigenvalue weighted by Crippen LogP contribution is -2.38. The maximum absolute atomic E-state index is 13.0. The van der Waals surface area contributed by atoms with Crippen LogP contribution < -0.4 is 5.69 Å². The van der Waals surface area contributed by atoms with Gasteiger partial charge in [0.1, 0.15) is 5.69 Å². The van der Waals surface area contributed by atoms with Crippen molar-refractivity contribution in [2.75, 3.05) is 6.54 Å². The summed E-state index contributed by atoms with van der Waals surface area (Å²) in [4.78, 5) is 27.0. The number of fused-ring (bicyclic) bond motifs is 5. The predicted octanol–water partition coefficient (Wildman–Crippen LogP) is 2.60. The molecule has 2 bridgehead atoms. The number of carbonyl (C=O) groups is 1. The molecule has 2 aromatic rings. The molecule has 1 unspecified atom stereocenters. The van der Waals surface area contributed by atoms with Crippen molar-refractivity contribution >= 4 is 5.91 Å². The zero-order valence-corrected chi connectivity index (χ0v) is 14.1. The summed E-state index contributed by atoms with van der Waals surface area (Å²) in [5.41, 5.74) is -1.20. The van der Waals surface area contributed by atoms with Gasteiger partial charge in [0, 0.05) is 12.5 Å². The Labute approximate surface area is 151 Å². The number of aromatic hydroxyl groups is 1. The molecule has 3 heterocycles. The van der Waals surface area contributed by atoms with Crippen molar-refractivity contribution in [2.45, 2.75) is 37.5 Å². The number of halogens is 3. The van der Waals surface area contributed by atoms with Crippen LogP contribution in [-0.2, 0) is 11.0 Å². The highest BCUT2D eigenvalue weighted by Crippen LogP contribution is 2.50. The molecule has 6 nitrogen and oxygen atoms in total. The van der Waals surface area contributed by atoms with Gasteiger partial charge in [-0.15, -0.1) is 0 Å². The number of rotatable bonds is 2. The van der Waals surface area contributed by atoms with Crippen LogP contribution in [0.15, 0.2) is 29.1 Å². The van der Waals surface area contributed by atoms with Gasteiger partial charge in [-0.1, -0.05) is 6.07 Å². The fourth-order valence-electron chi connectivity index (χ4n) is 4.31. The van der Waals surface area contributed by atoms with Crippen LogP contribution in [-0.4, -0.2) is 31.6 Å². The van der Waals surface area contributed by atoms with E-state index in [1.807, 2.05) is 0 Å². The summed E-state index contributed by atoms with van der Waals surface area (Å²) in [5.74, 6) is -0.329. The first-order chi connectivity index (χ1) is 12.8. The van der Waals surface area contributed by atoms with Gasteiger partial charge in [-0.25, -0.2) is 9.36 Å². The molecule has 1 aromatic heterocycles. The molecule has 2 aliphatic heterocycles. The minimum absolute atomic E-state index is 0.0252. The van der Waals surface area contributed by atoms with E-state index < -0.39 is 23.5 Å². The Hall–Kier alpha value is -2.71. The van der Waals surface area contributed by atoms with E-state index in [1.165, 1.54) is 16.7 Å². The Morgan fingerprint density at radius 1 is 1.22 bits per heavy atom. The normalized spacial score (nSPS) is 23.7. The molecular formula is C18H16F3N3O3. The van der Waals surface area contributed by atoms with Crippen LogP contribution in [0, 0.1) is 5.92 Å². The maximum atomic E-state index is 13.0. The highest BCUT2D eigenvalue weighted by Gasteiger charge is 2.51. The van der Waals surface area contributed by atoms with E-state index in [0.717, 1.165) is 29.5 Å². The Bertz CT molecular complexity index is 1020. The molecule has 0 spiro atoms. The number of likely N-dealkylation sites (tertiary alicyclic amines) is 1. The molecule has 1 saturated carbocycles. The van der Waals surface area contributed by atoms with Crippen LogP contribution in [0.4, 0.5) is 13.2 Å². The molecule has 1 saturated heterocycles. The number of benzene rings is 1. The first-order valence-corrected chi connectivity index (χ1v) is 8.81. The molecule has 2 atom stereocenters. The van der Waals surface area contributed by atoms with Crippen LogP contribution in [0.2, 0.25) is 0 Å². The quantitative estimate of drug-likeness (QED) is 0.872. The second kappa shape index (κ2) is 5.17. The smallest absolute Gasteiger partial charge is 0.416 e. The highest BCUT2D eigenvalue weighted by molar-refractivity contribution is 5.82. The Morgan fingerprint density at radius 2 is 1.96 bits per heavy atom. The van der Waals surface area contributed by atoms with Crippen molar-refractivity contribution in [1.29, 1.82) is 0 Å². The van der Waals surface area contributed by atoms with E-state index >= 15 is 0 Å². The van der Waals surface area contributed by atoms with E-state index in [-0.39, 0.29) is 29.4 Å². The Kier molecular flexibility index (Phi) is 3.15. The molecule has 27 heavy (non-hydrogen) atoms. The molecule has 1 N–H and O–H groups in total. The van der Waals surface area contributed by atoms with E-state index in [0.29, 0.717) is 18.7 Å². The van der Waals surface area contributed by atoms with Crippen LogP contribution in [0.25, 0.3) is 5.69 Å². The van der Waals surface area contributed by atoms with Gasteiger partial charge < -0.3 is 10.0 Å². The van der Waals surface area contributed by atoms with Gasteiger partial charge in [0.15, 0.2) is 0 Å². The Balaban J connectivity index is 1.60. The molecule has 3 aliphatic rings. The first kappa shape index (κ1) is 16.5. The lowest BCUT2D eigenvalue weighted by atomic mass is 10.1. The van der Waals surface area contributed by atoms with Crippen LogP contribution >= 0.6 is 0 Å². The van der Waals surface area contributed by atoms with Crippen LogP contribution in [0.5, 0.6) is 5.88 Å². The SMILES string of the molecule is O=C(C1CC1)N1CC2C[C@@H]1c1c(O)n(-c3cccc(C(F)(F)F)c3)c(=O)n12. The van der Waals surface area contributed by atoms with E-state index in [2.05, 4.69) is 0 Å². The lowest BCUT2D eigenvalue weighted by Gasteiger charge is -2.27. The monoisotopic (exact) mass is 379 g/mol. The third kappa shape index (κ3) is 2.26. The number of hydrogen-bond donors (Lipinski definition) is 1. The summed E-state index contributed by atoms with van der Waals surface area (Å²) in [7, 11) is 0. The minimum atomic E-state index is -4.55. The van der Waals surface area contributed by atoms with Gasteiger partial charge in [0.25, 0.3) is 0 Å². The average molecular weight is 379 g/mol. The summed E-state index contributed by atoms with van der Waals surface area (Å²) in [6.07, 6.45) is -2.28. The van der Waals surface area contributed by atoms with Gasteiger partial charge in [-0.2, -0.15) is 13.2 Å². The number of aromatic nitrogens is 2.